The Bertz CT molecular complexity index is 1020. The van der Waals surface area contributed by atoms with Gasteiger partial charge in [-0.25, -0.2) is 0 Å². The molecular weight excluding hydrogens is 352 g/mol. The normalized spacial score (nSPS) is 11.1. The minimum Gasteiger partial charge on any atom is -0.292 e. The van der Waals surface area contributed by atoms with Gasteiger partial charge in [-0.15, -0.1) is 21.5 Å². The largest absolute Gasteiger partial charge is 0.292 e. The van der Waals surface area contributed by atoms with Crippen LogP contribution in [-0.2, 0) is 0 Å². The number of Topliss-reactive ketones (excluding diaryl/α,β-unsaturated/α-hetero) is 1. The van der Waals surface area contributed by atoms with E-state index in [1.165, 1.54) is 28.7 Å². The number of carbonyl (C=O) groups is 1. The van der Waals surface area contributed by atoms with E-state index in [0.717, 1.165) is 16.1 Å². The number of hydrogen-bond donors (Lipinski definition) is 0. The predicted octanol–water partition coefficient (Wildman–Crippen LogP) is 4.14. The smallest absolute Gasteiger partial charge is 0.212 e. The zero-order valence-electron chi connectivity index (χ0n) is 13.4. The number of rotatable bonds is 5. The average molecular weight is 366 g/mol. The first-order valence-corrected chi connectivity index (χ1v) is 9.56. The van der Waals surface area contributed by atoms with Crippen molar-refractivity contribution in [3.8, 4) is 11.3 Å². The van der Waals surface area contributed by atoms with E-state index in [9.17, 15) is 4.79 Å². The lowest BCUT2D eigenvalue weighted by Gasteiger charge is -2.03. The van der Waals surface area contributed by atoms with E-state index < -0.39 is 0 Å². The summed E-state index contributed by atoms with van der Waals surface area (Å²) in [7, 11) is 0. The molecular formula is C18H14N4OS2. The molecule has 0 amide bonds. The monoisotopic (exact) mass is 366 g/mol. The van der Waals surface area contributed by atoms with Crippen molar-refractivity contribution in [1.82, 2.24) is 19.8 Å². The second-order valence-electron chi connectivity index (χ2n) is 5.53. The van der Waals surface area contributed by atoms with E-state index in [1.54, 1.807) is 4.52 Å². The van der Waals surface area contributed by atoms with Gasteiger partial charge in [0.05, 0.1) is 16.3 Å². The first-order chi connectivity index (χ1) is 12.2. The Labute approximate surface area is 152 Å². The molecule has 5 nitrogen and oxygen atoms in total. The highest BCUT2D eigenvalue weighted by Crippen LogP contribution is 2.22. The Morgan fingerprint density at radius 3 is 2.72 bits per heavy atom. The Morgan fingerprint density at radius 1 is 1.12 bits per heavy atom. The third kappa shape index (κ3) is 3.33. The van der Waals surface area contributed by atoms with Gasteiger partial charge >= 0.3 is 0 Å². The van der Waals surface area contributed by atoms with E-state index in [0.29, 0.717) is 16.6 Å². The van der Waals surface area contributed by atoms with Crippen LogP contribution in [0.25, 0.3) is 16.9 Å². The highest BCUT2D eigenvalue weighted by atomic mass is 32.2. The SMILES string of the molecule is Cc1ccc(-c2ccc3nnc(SCC(=O)c4cccs4)n3n2)cc1. The van der Waals surface area contributed by atoms with Crippen molar-refractivity contribution in [3.05, 3.63) is 64.4 Å². The van der Waals surface area contributed by atoms with E-state index in [1.807, 2.05) is 41.8 Å². The molecule has 0 bridgehead atoms. The van der Waals surface area contributed by atoms with Crippen molar-refractivity contribution in [2.75, 3.05) is 5.75 Å². The Morgan fingerprint density at radius 2 is 1.96 bits per heavy atom. The number of fused-ring (bicyclic) bond motifs is 1. The van der Waals surface area contributed by atoms with Crippen LogP contribution in [0, 0.1) is 6.92 Å². The first kappa shape index (κ1) is 16.0. The second kappa shape index (κ2) is 6.78. The minimum atomic E-state index is 0.0893. The fourth-order valence-electron chi connectivity index (χ4n) is 2.38. The highest BCUT2D eigenvalue weighted by Gasteiger charge is 2.13. The Balaban J connectivity index is 1.60. The molecule has 4 aromatic rings. The van der Waals surface area contributed by atoms with E-state index in [2.05, 4.69) is 34.4 Å². The van der Waals surface area contributed by atoms with Gasteiger partial charge in [0.25, 0.3) is 0 Å². The molecule has 7 heteroatoms. The van der Waals surface area contributed by atoms with E-state index >= 15 is 0 Å². The van der Waals surface area contributed by atoms with Crippen LogP contribution in [0.2, 0.25) is 0 Å². The van der Waals surface area contributed by atoms with Crippen molar-refractivity contribution in [2.24, 2.45) is 0 Å². The summed E-state index contributed by atoms with van der Waals surface area (Å²) in [5.74, 6) is 0.407. The molecule has 0 unspecified atom stereocenters. The highest BCUT2D eigenvalue weighted by molar-refractivity contribution is 7.99. The number of benzene rings is 1. The minimum absolute atomic E-state index is 0.0893. The molecule has 0 saturated heterocycles. The van der Waals surface area contributed by atoms with Crippen LogP contribution in [-0.4, -0.2) is 31.3 Å². The number of aromatic nitrogens is 4. The maximum atomic E-state index is 12.2. The predicted molar refractivity (Wildman–Crippen MR) is 100 cm³/mol. The number of carbonyl (C=O) groups excluding carboxylic acids is 1. The molecule has 0 aliphatic rings. The molecule has 0 atom stereocenters. The van der Waals surface area contributed by atoms with Crippen LogP contribution in [0.3, 0.4) is 0 Å². The van der Waals surface area contributed by atoms with Crippen LogP contribution in [0.5, 0.6) is 0 Å². The molecule has 0 N–H and O–H groups in total. The van der Waals surface area contributed by atoms with Gasteiger partial charge in [0.1, 0.15) is 0 Å². The van der Waals surface area contributed by atoms with E-state index in [-0.39, 0.29) is 5.78 Å². The maximum Gasteiger partial charge on any atom is 0.212 e. The number of thioether (sulfide) groups is 1. The van der Waals surface area contributed by atoms with Crippen molar-refractivity contribution >= 4 is 34.5 Å². The summed E-state index contributed by atoms with van der Waals surface area (Å²) in [5, 5.41) is 15.5. The van der Waals surface area contributed by atoms with Crippen molar-refractivity contribution in [3.63, 3.8) is 0 Å². The maximum absolute atomic E-state index is 12.2. The van der Waals surface area contributed by atoms with Crippen molar-refractivity contribution in [1.29, 1.82) is 0 Å². The summed E-state index contributed by atoms with van der Waals surface area (Å²) in [6, 6.07) is 15.7. The molecule has 124 valence electrons. The van der Waals surface area contributed by atoms with Gasteiger partial charge < -0.3 is 0 Å². The number of hydrogen-bond acceptors (Lipinski definition) is 6. The zero-order valence-corrected chi connectivity index (χ0v) is 15.0. The summed E-state index contributed by atoms with van der Waals surface area (Å²) >= 11 is 2.80. The number of nitrogens with zero attached hydrogens (tertiary/aromatic N) is 4. The molecule has 0 aliphatic carbocycles. The van der Waals surface area contributed by atoms with Crippen molar-refractivity contribution < 1.29 is 4.79 Å². The van der Waals surface area contributed by atoms with Crippen molar-refractivity contribution in [2.45, 2.75) is 12.1 Å². The lowest BCUT2D eigenvalue weighted by atomic mass is 10.1. The Hall–Kier alpha value is -2.51. The van der Waals surface area contributed by atoms with Gasteiger partial charge in [-0.2, -0.15) is 9.61 Å². The topological polar surface area (TPSA) is 60.2 Å². The Kier molecular flexibility index (Phi) is 4.33. The van der Waals surface area contributed by atoms with Crippen LogP contribution in [0.1, 0.15) is 15.2 Å². The van der Waals surface area contributed by atoms with Gasteiger partial charge in [-0.3, -0.25) is 4.79 Å². The van der Waals surface area contributed by atoms with Crippen LogP contribution >= 0.6 is 23.1 Å². The van der Waals surface area contributed by atoms with Gasteiger partial charge in [0.2, 0.25) is 5.16 Å². The first-order valence-electron chi connectivity index (χ1n) is 7.70. The van der Waals surface area contributed by atoms with Crippen LogP contribution < -0.4 is 0 Å². The number of thiophene rings is 1. The van der Waals surface area contributed by atoms with E-state index in [4.69, 9.17) is 0 Å². The lowest BCUT2D eigenvalue weighted by Crippen LogP contribution is -2.02. The number of ketones is 1. The van der Waals surface area contributed by atoms with Gasteiger partial charge in [0.15, 0.2) is 11.4 Å². The molecule has 0 saturated carbocycles. The quantitative estimate of drug-likeness (QED) is 0.392. The molecule has 3 heterocycles. The summed E-state index contributed by atoms with van der Waals surface area (Å²) in [4.78, 5) is 12.9. The molecule has 4 rings (SSSR count). The number of aryl methyl sites for hydroxylation is 1. The summed E-state index contributed by atoms with van der Waals surface area (Å²) in [5.41, 5.74) is 3.75. The standard InChI is InChI=1S/C18H14N4OS2/c1-12-4-6-13(7-5-12)14-8-9-17-19-20-18(22(17)21-14)25-11-15(23)16-3-2-10-24-16/h2-10H,11H2,1H3. The average Bonchev–Trinajstić information content (AvgIpc) is 3.30. The third-order valence-corrected chi connectivity index (χ3v) is 5.54. The van der Waals surface area contributed by atoms with Crippen LogP contribution in [0.4, 0.5) is 0 Å². The van der Waals surface area contributed by atoms with Gasteiger partial charge in [-0.05, 0) is 30.5 Å². The summed E-state index contributed by atoms with van der Waals surface area (Å²) < 4.78 is 1.70. The fourth-order valence-corrected chi connectivity index (χ4v) is 3.90. The lowest BCUT2D eigenvalue weighted by molar-refractivity contribution is 0.102. The molecule has 0 spiro atoms. The summed E-state index contributed by atoms with van der Waals surface area (Å²) in [6.07, 6.45) is 0. The molecule has 0 radical (unpaired) electrons. The molecule has 1 aromatic carbocycles. The summed E-state index contributed by atoms with van der Waals surface area (Å²) in [6.45, 7) is 2.06. The molecule has 0 fully saturated rings. The fraction of sp³-hybridized carbons (Fsp3) is 0.111. The second-order valence-corrected chi connectivity index (χ2v) is 7.42. The molecule has 3 aromatic heterocycles. The molecule has 25 heavy (non-hydrogen) atoms. The molecule has 0 aliphatic heterocycles. The van der Waals surface area contributed by atoms with Crippen LogP contribution in [0.15, 0.2) is 59.1 Å². The van der Waals surface area contributed by atoms with Gasteiger partial charge in [-0.1, -0.05) is 47.7 Å². The zero-order chi connectivity index (χ0) is 17.2. The van der Waals surface area contributed by atoms with Gasteiger partial charge in [0, 0.05) is 5.56 Å². The third-order valence-electron chi connectivity index (χ3n) is 3.71.